The van der Waals surface area contributed by atoms with Crippen LogP contribution in [-0.2, 0) is 10.0 Å². The van der Waals surface area contributed by atoms with Gasteiger partial charge in [-0.15, -0.1) is 36.2 Å². The molecule has 0 saturated carbocycles. The Balaban J connectivity index is 0.00000312. The van der Waals surface area contributed by atoms with E-state index in [-0.39, 0.29) is 54.6 Å². The van der Waals surface area contributed by atoms with Gasteiger partial charge < -0.3 is 11.1 Å². The maximum atomic E-state index is 12.2. The van der Waals surface area contributed by atoms with Crippen LogP contribution in [0.2, 0.25) is 0 Å². The first kappa shape index (κ1) is 24.8. The second-order valence-corrected chi connectivity index (χ2v) is 8.05. The third-order valence-corrected chi connectivity index (χ3v) is 5.69. The molecular weight excluding hydrogens is 419 g/mol. The molecule has 0 atom stereocenters. The summed E-state index contributed by atoms with van der Waals surface area (Å²) in [5.74, 6) is -0.124. The number of nitrogens with zero attached hydrogens (tertiary/aromatic N) is 1. The highest BCUT2D eigenvalue weighted by Gasteiger charge is 2.16. The van der Waals surface area contributed by atoms with E-state index in [1.807, 2.05) is 13.8 Å². The molecule has 26 heavy (non-hydrogen) atoms. The van der Waals surface area contributed by atoms with E-state index in [0.29, 0.717) is 11.4 Å². The van der Waals surface area contributed by atoms with Crippen molar-refractivity contribution in [2.45, 2.75) is 24.7 Å². The summed E-state index contributed by atoms with van der Waals surface area (Å²) >= 11 is 1.42. The van der Waals surface area contributed by atoms with Crippen molar-refractivity contribution in [2.75, 3.05) is 18.4 Å². The number of sulfonamides is 1. The first-order chi connectivity index (χ1) is 11.3. The number of anilines is 1. The van der Waals surface area contributed by atoms with Gasteiger partial charge in [-0.3, -0.25) is 4.79 Å². The van der Waals surface area contributed by atoms with E-state index in [1.165, 1.54) is 23.5 Å². The average Bonchev–Trinajstić information content (AvgIpc) is 3.03. The lowest BCUT2D eigenvalue weighted by Gasteiger charge is -2.08. The Morgan fingerprint density at radius 1 is 1.31 bits per heavy atom. The molecule has 4 N–H and O–H groups in total. The highest BCUT2D eigenvalue weighted by Crippen LogP contribution is 2.20. The molecule has 2 aromatic rings. The number of nitrogens with one attached hydrogen (secondary N) is 2. The molecule has 0 aliphatic rings. The van der Waals surface area contributed by atoms with Crippen molar-refractivity contribution in [1.82, 2.24) is 9.71 Å². The van der Waals surface area contributed by atoms with Gasteiger partial charge >= 0.3 is 0 Å². The first-order valence-corrected chi connectivity index (χ1v) is 9.76. The lowest BCUT2D eigenvalue weighted by molar-refractivity contribution is 0.102. The molecule has 0 radical (unpaired) electrons. The van der Waals surface area contributed by atoms with Crippen molar-refractivity contribution in [1.29, 1.82) is 0 Å². The molecule has 1 aromatic heterocycles. The fourth-order valence-electron chi connectivity index (χ4n) is 1.87. The quantitative estimate of drug-likeness (QED) is 0.611. The summed E-state index contributed by atoms with van der Waals surface area (Å²) in [6.07, 6.45) is 0. The Bertz CT molecular complexity index is 826. The first-order valence-electron chi connectivity index (χ1n) is 7.40. The Morgan fingerprint density at radius 3 is 2.58 bits per heavy atom. The van der Waals surface area contributed by atoms with Crippen molar-refractivity contribution in [3.05, 3.63) is 40.3 Å². The van der Waals surface area contributed by atoms with Crippen molar-refractivity contribution < 1.29 is 13.2 Å². The maximum Gasteiger partial charge on any atom is 0.275 e. The van der Waals surface area contributed by atoms with Gasteiger partial charge in [-0.25, -0.2) is 18.1 Å². The van der Waals surface area contributed by atoms with Crippen LogP contribution in [0.25, 0.3) is 0 Å². The predicted molar refractivity (Wildman–Crippen MR) is 109 cm³/mol. The Kier molecular flexibility index (Phi) is 10.3. The third kappa shape index (κ3) is 6.49. The van der Waals surface area contributed by atoms with Gasteiger partial charge in [-0.1, -0.05) is 19.9 Å². The van der Waals surface area contributed by atoms with Gasteiger partial charge in [0.1, 0.15) is 5.69 Å². The lowest BCUT2D eigenvalue weighted by Crippen LogP contribution is -2.29. The van der Waals surface area contributed by atoms with Gasteiger partial charge in [0.15, 0.2) is 0 Å². The molecule has 0 saturated heterocycles. The van der Waals surface area contributed by atoms with Crippen LogP contribution < -0.4 is 15.8 Å². The third-order valence-electron chi connectivity index (χ3n) is 3.09. The number of benzene rings is 1. The summed E-state index contributed by atoms with van der Waals surface area (Å²) in [5.41, 5.74) is 6.01. The zero-order chi connectivity index (χ0) is 17.7. The number of halogens is 2. The van der Waals surface area contributed by atoms with Crippen LogP contribution in [0, 0.1) is 0 Å². The van der Waals surface area contributed by atoms with E-state index in [2.05, 4.69) is 15.0 Å². The number of nitrogens with two attached hydrogens (primary N) is 1. The molecule has 0 fully saturated rings. The maximum absolute atomic E-state index is 12.2. The van der Waals surface area contributed by atoms with Gasteiger partial charge in [0, 0.05) is 30.1 Å². The predicted octanol–water partition coefficient (Wildman–Crippen LogP) is 2.60. The molecule has 0 spiro atoms. The second-order valence-electron chi connectivity index (χ2n) is 5.39. The molecule has 2 rings (SSSR count). The second kappa shape index (κ2) is 10.8. The number of amides is 1. The van der Waals surface area contributed by atoms with E-state index >= 15 is 0 Å². The molecular formula is C15H22Cl2N4O3S2. The van der Waals surface area contributed by atoms with Crippen LogP contribution >= 0.6 is 36.2 Å². The fourth-order valence-corrected chi connectivity index (χ4v) is 3.78. The van der Waals surface area contributed by atoms with Crippen LogP contribution in [0.3, 0.4) is 0 Å². The molecule has 11 heteroatoms. The molecule has 0 aliphatic carbocycles. The summed E-state index contributed by atoms with van der Waals surface area (Å²) in [6.45, 7) is 4.36. The number of aromatic nitrogens is 1. The van der Waals surface area contributed by atoms with Gasteiger partial charge in [0.25, 0.3) is 5.91 Å². The number of rotatable bonds is 7. The highest BCUT2D eigenvalue weighted by molar-refractivity contribution is 7.89. The van der Waals surface area contributed by atoms with Crippen LogP contribution in [0.5, 0.6) is 0 Å². The smallest absolute Gasteiger partial charge is 0.275 e. The summed E-state index contributed by atoms with van der Waals surface area (Å²) in [7, 11) is -3.65. The molecule has 0 unspecified atom stereocenters. The van der Waals surface area contributed by atoms with Crippen LogP contribution in [-0.4, -0.2) is 32.4 Å². The van der Waals surface area contributed by atoms with Crippen LogP contribution in [0.1, 0.15) is 35.3 Å². The van der Waals surface area contributed by atoms with Crippen LogP contribution in [0.4, 0.5) is 5.69 Å². The van der Waals surface area contributed by atoms with Crippen molar-refractivity contribution in [3.63, 3.8) is 0 Å². The summed E-state index contributed by atoms with van der Waals surface area (Å²) in [4.78, 5) is 16.6. The van der Waals surface area contributed by atoms with Crippen molar-refractivity contribution in [3.8, 4) is 0 Å². The standard InChI is InChI=1S/C15H20N4O3S2.2ClH/c1-10(2)15-19-13(9-23-15)14(20)18-11-4-3-5-12(8-11)24(21,22)17-7-6-16;;/h3-5,8-10,17H,6-7,16H2,1-2H3,(H,18,20);2*1H. The van der Waals surface area contributed by atoms with E-state index in [4.69, 9.17) is 5.73 Å². The van der Waals surface area contributed by atoms with E-state index < -0.39 is 10.0 Å². The Hall–Kier alpha value is -1.23. The molecule has 146 valence electrons. The SMILES string of the molecule is CC(C)c1nc(C(=O)Nc2cccc(S(=O)(=O)NCCN)c2)cs1.Cl.Cl. The van der Waals surface area contributed by atoms with E-state index in [1.54, 1.807) is 17.5 Å². The minimum atomic E-state index is -3.65. The zero-order valence-electron chi connectivity index (χ0n) is 14.3. The molecule has 1 aromatic carbocycles. The lowest BCUT2D eigenvalue weighted by atomic mass is 10.2. The molecule has 1 amide bonds. The highest BCUT2D eigenvalue weighted by atomic mass is 35.5. The molecule has 1 heterocycles. The largest absolute Gasteiger partial charge is 0.329 e. The minimum absolute atomic E-state index is 0. The summed E-state index contributed by atoms with van der Waals surface area (Å²) in [5, 5.41) is 5.23. The summed E-state index contributed by atoms with van der Waals surface area (Å²) in [6, 6.07) is 6.03. The van der Waals surface area contributed by atoms with Gasteiger partial charge in [-0.05, 0) is 18.2 Å². The van der Waals surface area contributed by atoms with Crippen molar-refractivity contribution >= 4 is 57.8 Å². The zero-order valence-corrected chi connectivity index (χ0v) is 17.5. The average molecular weight is 441 g/mol. The normalized spacial score (nSPS) is 10.8. The molecule has 0 aliphatic heterocycles. The number of carbonyl (C=O) groups is 1. The monoisotopic (exact) mass is 440 g/mol. The Labute approximate surface area is 169 Å². The van der Waals surface area contributed by atoms with E-state index in [0.717, 1.165) is 5.01 Å². The van der Waals surface area contributed by atoms with Crippen LogP contribution in [0.15, 0.2) is 34.5 Å². The fraction of sp³-hybridized carbons (Fsp3) is 0.333. The van der Waals surface area contributed by atoms with Gasteiger partial charge in [0.2, 0.25) is 10.0 Å². The Morgan fingerprint density at radius 2 is 2.00 bits per heavy atom. The number of carbonyl (C=O) groups excluding carboxylic acids is 1. The number of thiazole rings is 1. The molecule has 0 bridgehead atoms. The summed E-state index contributed by atoms with van der Waals surface area (Å²) < 4.78 is 26.6. The van der Waals surface area contributed by atoms with Gasteiger partial charge in [0.05, 0.1) is 9.90 Å². The molecule has 7 nitrogen and oxygen atoms in total. The van der Waals surface area contributed by atoms with Crippen molar-refractivity contribution in [2.24, 2.45) is 5.73 Å². The number of hydrogen-bond donors (Lipinski definition) is 3. The topological polar surface area (TPSA) is 114 Å². The minimum Gasteiger partial charge on any atom is -0.329 e. The van der Waals surface area contributed by atoms with Gasteiger partial charge in [-0.2, -0.15) is 0 Å². The van der Waals surface area contributed by atoms with E-state index in [9.17, 15) is 13.2 Å². The number of hydrogen-bond acceptors (Lipinski definition) is 6.